The van der Waals surface area contributed by atoms with Gasteiger partial charge in [0.2, 0.25) is 0 Å². The van der Waals surface area contributed by atoms with Gasteiger partial charge in [0.25, 0.3) is 5.91 Å². The normalized spacial score (nSPS) is 23.3. The highest BCUT2D eigenvalue weighted by atomic mass is 19.1. The van der Waals surface area contributed by atoms with Crippen LogP contribution in [-0.4, -0.2) is 56.0 Å². The van der Waals surface area contributed by atoms with E-state index in [4.69, 9.17) is 4.74 Å². The minimum atomic E-state index is -0.482. The maximum absolute atomic E-state index is 13.8. The van der Waals surface area contributed by atoms with Gasteiger partial charge in [0.15, 0.2) is 11.6 Å². The van der Waals surface area contributed by atoms with Crippen LogP contribution in [0.25, 0.3) is 0 Å². The average molecular weight is 320 g/mol. The van der Waals surface area contributed by atoms with Gasteiger partial charge in [-0.25, -0.2) is 4.39 Å². The standard InChI is InChI=1S/C18H25FN2O2/c1-20-8-5-13(6-9-20)15-7-10-21(12-15)18(22)14-3-4-17(23-2)16(19)11-14/h3-4,11,13,15H,5-10,12H2,1-2H3. The average Bonchev–Trinajstić information content (AvgIpc) is 3.04. The fraction of sp³-hybridized carbons (Fsp3) is 0.611. The Morgan fingerprint density at radius 1 is 1.17 bits per heavy atom. The molecule has 2 saturated heterocycles. The van der Waals surface area contributed by atoms with Crippen LogP contribution in [-0.2, 0) is 0 Å². The van der Waals surface area contributed by atoms with Crippen molar-refractivity contribution in [3.8, 4) is 5.75 Å². The van der Waals surface area contributed by atoms with Crippen LogP contribution in [0.1, 0.15) is 29.6 Å². The largest absolute Gasteiger partial charge is 0.494 e. The minimum absolute atomic E-state index is 0.0676. The van der Waals surface area contributed by atoms with Crippen LogP contribution in [0.4, 0.5) is 4.39 Å². The second kappa shape index (κ2) is 6.87. The van der Waals surface area contributed by atoms with Crippen molar-refractivity contribution >= 4 is 5.91 Å². The SMILES string of the molecule is COc1ccc(C(=O)N2CCC(C3CCN(C)CC3)C2)cc1F. The van der Waals surface area contributed by atoms with Crippen molar-refractivity contribution in [3.05, 3.63) is 29.6 Å². The Labute approximate surface area is 137 Å². The molecule has 0 radical (unpaired) electrons. The summed E-state index contributed by atoms with van der Waals surface area (Å²) in [6.45, 7) is 3.89. The van der Waals surface area contributed by atoms with Crippen LogP contribution in [0.15, 0.2) is 18.2 Å². The first-order chi connectivity index (χ1) is 11.1. The molecule has 1 aromatic rings. The number of amides is 1. The lowest BCUT2D eigenvalue weighted by atomic mass is 9.84. The molecule has 2 aliphatic rings. The van der Waals surface area contributed by atoms with Crippen molar-refractivity contribution in [3.63, 3.8) is 0 Å². The summed E-state index contributed by atoms with van der Waals surface area (Å²) in [4.78, 5) is 16.8. The first kappa shape index (κ1) is 16.2. The van der Waals surface area contributed by atoms with E-state index in [2.05, 4.69) is 11.9 Å². The Bertz CT molecular complexity index is 570. The smallest absolute Gasteiger partial charge is 0.253 e. The summed E-state index contributed by atoms with van der Waals surface area (Å²) >= 11 is 0. The van der Waals surface area contributed by atoms with Gasteiger partial charge in [-0.05, 0) is 69.4 Å². The lowest BCUT2D eigenvalue weighted by Gasteiger charge is -2.32. The molecule has 1 aromatic carbocycles. The fourth-order valence-corrected chi connectivity index (χ4v) is 3.84. The number of nitrogens with zero attached hydrogens (tertiary/aromatic N) is 2. The van der Waals surface area contributed by atoms with Crippen molar-refractivity contribution < 1.29 is 13.9 Å². The molecule has 2 fully saturated rings. The molecular formula is C18H25FN2O2. The maximum Gasteiger partial charge on any atom is 0.253 e. The molecule has 0 spiro atoms. The van der Waals surface area contributed by atoms with Crippen LogP contribution < -0.4 is 4.74 Å². The van der Waals surface area contributed by atoms with E-state index in [0.29, 0.717) is 11.5 Å². The Kier molecular flexibility index (Phi) is 4.85. The van der Waals surface area contributed by atoms with Gasteiger partial charge in [0.1, 0.15) is 0 Å². The Morgan fingerprint density at radius 3 is 2.52 bits per heavy atom. The number of likely N-dealkylation sites (tertiary alicyclic amines) is 2. The third-order valence-corrected chi connectivity index (χ3v) is 5.34. The molecule has 1 unspecified atom stereocenters. The van der Waals surface area contributed by atoms with Crippen molar-refractivity contribution in [1.29, 1.82) is 0 Å². The molecule has 126 valence electrons. The van der Waals surface area contributed by atoms with E-state index in [9.17, 15) is 9.18 Å². The van der Waals surface area contributed by atoms with E-state index in [1.54, 1.807) is 6.07 Å². The second-order valence-electron chi connectivity index (χ2n) is 6.79. The molecule has 0 aliphatic carbocycles. The van der Waals surface area contributed by atoms with E-state index >= 15 is 0 Å². The summed E-state index contributed by atoms with van der Waals surface area (Å²) in [5.41, 5.74) is 0.410. The zero-order chi connectivity index (χ0) is 16.4. The van der Waals surface area contributed by atoms with Gasteiger partial charge in [-0.1, -0.05) is 0 Å². The number of hydrogen-bond acceptors (Lipinski definition) is 3. The third-order valence-electron chi connectivity index (χ3n) is 5.34. The maximum atomic E-state index is 13.8. The van der Waals surface area contributed by atoms with E-state index in [1.165, 1.54) is 32.1 Å². The van der Waals surface area contributed by atoms with Gasteiger partial charge in [0.05, 0.1) is 7.11 Å². The van der Waals surface area contributed by atoms with Crippen LogP contribution in [0, 0.1) is 17.7 Å². The van der Waals surface area contributed by atoms with Gasteiger partial charge in [-0.2, -0.15) is 0 Å². The van der Waals surface area contributed by atoms with Gasteiger partial charge in [0, 0.05) is 18.7 Å². The number of hydrogen-bond donors (Lipinski definition) is 0. The summed E-state index contributed by atoms with van der Waals surface area (Å²) in [7, 11) is 3.59. The first-order valence-corrected chi connectivity index (χ1v) is 8.40. The van der Waals surface area contributed by atoms with E-state index < -0.39 is 5.82 Å². The van der Waals surface area contributed by atoms with Gasteiger partial charge < -0.3 is 14.5 Å². The molecule has 5 heteroatoms. The number of rotatable bonds is 3. The minimum Gasteiger partial charge on any atom is -0.494 e. The quantitative estimate of drug-likeness (QED) is 0.858. The summed E-state index contributed by atoms with van der Waals surface area (Å²) in [5.74, 6) is 0.936. The Morgan fingerprint density at radius 2 is 1.87 bits per heavy atom. The zero-order valence-electron chi connectivity index (χ0n) is 13.9. The van der Waals surface area contributed by atoms with Crippen molar-refractivity contribution in [2.75, 3.05) is 40.3 Å². The molecule has 0 bridgehead atoms. The van der Waals surface area contributed by atoms with Crippen molar-refractivity contribution in [2.45, 2.75) is 19.3 Å². The van der Waals surface area contributed by atoms with Gasteiger partial charge in [-0.3, -0.25) is 4.79 Å². The number of methoxy groups -OCH3 is 1. The van der Waals surface area contributed by atoms with Gasteiger partial charge in [-0.15, -0.1) is 0 Å². The zero-order valence-corrected chi connectivity index (χ0v) is 13.9. The molecule has 1 amide bonds. The number of halogens is 1. The second-order valence-corrected chi connectivity index (χ2v) is 6.79. The highest BCUT2D eigenvalue weighted by Gasteiger charge is 2.33. The number of piperidine rings is 1. The molecular weight excluding hydrogens is 295 g/mol. The highest BCUT2D eigenvalue weighted by Crippen LogP contribution is 2.32. The van der Waals surface area contributed by atoms with Crippen LogP contribution in [0.5, 0.6) is 5.75 Å². The predicted molar refractivity (Wildman–Crippen MR) is 87.2 cm³/mol. The number of ether oxygens (including phenoxy) is 1. The molecule has 0 aromatic heterocycles. The fourth-order valence-electron chi connectivity index (χ4n) is 3.84. The topological polar surface area (TPSA) is 32.8 Å². The number of carbonyl (C=O) groups excluding carboxylic acids is 1. The van der Waals surface area contributed by atoms with E-state index in [-0.39, 0.29) is 11.7 Å². The summed E-state index contributed by atoms with van der Waals surface area (Å²) < 4.78 is 18.7. The molecule has 2 aliphatic heterocycles. The molecule has 1 atom stereocenters. The molecule has 0 saturated carbocycles. The monoisotopic (exact) mass is 320 g/mol. The lowest BCUT2D eigenvalue weighted by molar-refractivity contribution is 0.0775. The number of benzene rings is 1. The lowest BCUT2D eigenvalue weighted by Crippen LogP contribution is -2.35. The highest BCUT2D eigenvalue weighted by molar-refractivity contribution is 5.94. The molecule has 4 nitrogen and oxygen atoms in total. The molecule has 3 rings (SSSR count). The third kappa shape index (κ3) is 3.50. The molecule has 23 heavy (non-hydrogen) atoms. The summed E-state index contributed by atoms with van der Waals surface area (Å²) in [6.07, 6.45) is 3.51. The molecule has 2 heterocycles. The first-order valence-electron chi connectivity index (χ1n) is 8.40. The van der Waals surface area contributed by atoms with Crippen LogP contribution >= 0.6 is 0 Å². The van der Waals surface area contributed by atoms with Gasteiger partial charge >= 0.3 is 0 Å². The van der Waals surface area contributed by atoms with Crippen molar-refractivity contribution in [2.24, 2.45) is 11.8 Å². The van der Waals surface area contributed by atoms with E-state index in [0.717, 1.165) is 38.5 Å². The van der Waals surface area contributed by atoms with Crippen LogP contribution in [0.2, 0.25) is 0 Å². The molecule has 0 N–H and O–H groups in total. The predicted octanol–water partition coefficient (Wildman–Crippen LogP) is 2.64. The Balaban J connectivity index is 1.62. The van der Waals surface area contributed by atoms with Crippen LogP contribution in [0.3, 0.4) is 0 Å². The van der Waals surface area contributed by atoms with Crippen molar-refractivity contribution in [1.82, 2.24) is 9.80 Å². The Hall–Kier alpha value is -1.62. The summed E-state index contributed by atoms with van der Waals surface area (Å²) in [6, 6.07) is 4.45. The number of carbonyl (C=O) groups is 1. The van der Waals surface area contributed by atoms with E-state index in [1.807, 2.05) is 4.90 Å². The summed E-state index contributed by atoms with van der Waals surface area (Å²) in [5, 5.41) is 0.